The second kappa shape index (κ2) is 8.65. The lowest BCUT2D eigenvalue weighted by Crippen LogP contribution is -2.31. The van der Waals surface area contributed by atoms with Crippen LogP contribution in [-0.4, -0.2) is 29.9 Å². The average Bonchev–Trinajstić information content (AvgIpc) is 2.87. The number of esters is 1. The van der Waals surface area contributed by atoms with Crippen LogP contribution in [0, 0.1) is 11.8 Å². The van der Waals surface area contributed by atoms with Gasteiger partial charge in [-0.1, -0.05) is 45.8 Å². The van der Waals surface area contributed by atoms with Gasteiger partial charge in [-0.2, -0.15) is 0 Å². The Morgan fingerprint density at radius 2 is 2.24 bits per heavy atom. The third kappa shape index (κ3) is 4.73. The van der Waals surface area contributed by atoms with Crippen molar-refractivity contribution < 1.29 is 14.3 Å². The van der Waals surface area contributed by atoms with E-state index in [1.807, 2.05) is 0 Å². The molecule has 0 saturated carbocycles. The number of amides is 1. The van der Waals surface area contributed by atoms with Crippen molar-refractivity contribution in [2.24, 2.45) is 11.8 Å². The van der Waals surface area contributed by atoms with Crippen molar-refractivity contribution in [3.8, 4) is 0 Å². The Labute approximate surface area is 127 Å². The van der Waals surface area contributed by atoms with Gasteiger partial charge in [0, 0.05) is 6.54 Å². The molecule has 1 heterocycles. The lowest BCUT2D eigenvalue weighted by molar-refractivity contribution is -0.145. The number of hydrogen-bond donors (Lipinski definition) is 0. The summed E-state index contributed by atoms with van der Waals surface area (Å²) in [6.45, 7) is 12.5. The Morgan fingerprint density at radius 3 is 2.76 bits per heavy atom. The minimum Gasteiger partial charge on any atom is -0.461 e. The smallest absolute Gasteiger partial charge is 0.354 e. The van der Waals surface area contributed by atoms with Crippen LogP contribution in [-0.2, 0) is 14.3 Å². The van der Waals surface area contributed by atoms with E-state index in [-0.39, 0.29) is 17.5 Å². The maximum Gasteiger partial charge on any atom is 0.354 e. The Kier molecular flexibility index (Phi) is 7.20. The molecule has 1 aliphatic rings. The summed E-state index contributed by atoms with van der Waals surface area (Å²) in [5.41, 5.74) is 0.148. The molecule has 21 heavy (non-hydrogen) atoms. The van der Waals surface area contributed by atoms with Gasteiger partial charge in [0.1, 0.15) is 5.70 Å². The van der Waals surface area contributed by atoms with Crippen molar-refractivity contribution in [3.63, 3.8) is 0 Å². The molecule has 4 heteroatoms. The predicted molar refractivity (Wildman–Crippen MR) is 83.4 cm³/mol. The third-order valence-corrected chi connectivity index (χ3v) is 4.09. The van der Waals surface area contributed by atoms with Gasteiger partial charge in [0.05, 0.1) is 12.5 Å². The van der Waals surface area contributed by atoms with Crippen molar-refractivity contribution in [2.45, 2.75) is 46.0 Å². The number of nitrogens with zero attached hydrogens (tertiary/aromatic N) is 1. The molecule has 1 fully saturated rings. The molecule has 1 rings (SSSR count). The minimum atomic E-state index is -0.483. The van der Waals surface area contributed by atoms with E-state index in [1.54, 1.807) is 6.08 Å². The molecule has 0 bridgehead atoms. The van der Waals surface area contributed by atoms with E-state index in [4.69, 9.17) is 4.74 Å². The quantitative estimate of drug-likeness (QED) is 0.372. The fourth-order valence-corrected chi connectivity index (χ4v) is 2.47. The topological polar surface area (TPSA) is 46.6 Å². The molecule has 0 radical (unpaired) electrons. The number of rotatable bonds is 9. The van der Waals surface area contributed by atoms with Crippen molar-refractivity contribution in [1.29, 1.82) is 0 Å². The lowest BCUT2D eigenvalue weighted by Gasteiger charge is -2.19. The summed E-state index contributed by atoms with van der Waals surface area (Å²) in [7, 11) is 0. The SMILES string of the molecule is C=CC1CCN(C(=C)C(=O)OCC(CC)CCCC)C1=O. The van der Waals surface area contributed by atoms with Crippen LogP contribution in [0.5, 0.6) is 0 Å². The van der Waals surface area contributed by atoms with Gasteiger partial charge in [-0.05, 0) is 18.8 Å². The van der Waals surface area contributed by atoms with Gasteiger partial charge in [-0.15, -0.1) is 6.58 Å². The second-order valence-corrected chi connectivity index (χ2v) is 5.58. The molecule has 1 aliphatic heterocycles. The monoisotopic (exact) mass is 293 g/mol. The van der Waals surface area contributed by atoms with Crippen molar-refractivity contribution in [3.05, 3.63) is 24.9 Å². The highest BCUT2D eigenvalue weighted by Crippen LogP contribution is 2.23. The van der Waals surface area contributed by atoms with E-state index in [9.17, 15) is 9.59 Å². The zero-order chi connectivity index (χ0) is 15.8. The zero-order valence-corrected chi connectivity index (χ0v) is 13.3. The van der Waals surface area contributed by atoms with Gasteiger partial charge in [0.15, 0.2) is 0 Å². The van der Waals surface area contributed by atoms with E-state index in [0.29, 0.717) is 25.5 Å². The summed E-state index contributed by atoms with van der Waals surface area (Å²) in [6.07, 6.45) is 6.64. The van der Waals surface area contributed by atoms with Gasteiger partial charge in [-0.25, -0.2) is 4.79 Å². The molecule has 4 nitrogen and oxygen atoms in total. The predicted octanol–water partition coefficient (Wildman–Crippen LogP) is 3.29. The largest absolute Gasteiger partial charge is 0.461 e. The van der Waals surface area contributed by atoms with E-state index < -0.39 is 5.97 Å². The summed E-state index contributed by atoms with van der Waals surface area (Å²) < 4.78 is 5.33. The molecular formula is C17H27NO3. The van der Waals surface area contributed by atoms with Crippen LogP contribution in [0.15, 0.2) is 24.9 Å². The molecule has 0 aromatic rings. The molecule has 0 aromatic carbocycles. The third-order valence-electron chi connectivity index (χ3n) is 4.09. The molecule has 0 spiro atoms. The van der Waals surface area contributed by atoms with Crippen molar-refractivity contribution >= 4 is 11.9 Å². The van der Waals surface area contributed by atoms with Crippen LogP contribution in [0.1, 0.15) is 46.0 Å². The van der Waals surface area contributed by atoms with Crippen LogP contribution in [0.2, 0.25) is 0 Å². The number of hydrogen-bond acceptors (Lipinski definition) is 3. The number of ether oxygens (including phenoxy) is 1. The zero-order valence-electron chi connectivity index (χ0n) is 13.3. The highest BCUT2D eigenvalue weighted by Gasteiger charge is 2.33. The summed E-state index contributed by atoms with van der Waals surface area (Å²) >= 11 is 0. The highest BCUT2D eigenvalue weighted by molar-refractivity contribution is 5.95. The molecule has 0 aromatic heterocycles. The van der Waals surface area contributed by atoms with E-state index >= 15 is 0 Å². The van der Waals surface area contributed by atoms with Crippen LogP contribution < -0.4 is 0 Å². The Bertz CT molecular complexity index is 403. The molecule has 0 aliphatic carbocycles. The van der Waals surface area contributed by atoms with Crippen LogP contribution >= 0.6 is 0 Å². The van der Waals surface area contributed by atoms with E-state index in [2.05, 4.69) is 27.0 Å². The van der Waals surface area contributed by atoms with Gasteiger partial charge in [0.2, 0.25) is 5.91 Å². The molecule has 0 N–H and O–H groups in total. The first kappa shape index (κ1) is 17.5. The van der Waals surface area contributed by atoms with Gasteiger partial charge < -0.3 is 9.64 Å². The fourth-order valence-electron chi connectivity index (χ4n) is 2.47. The van der Waals surface area contributed by atoms with Gasteiger partial charge >= 0.3 is 5.97 Å². The van der Waals surface area contributed by atoms with Crippen LogP contribution in [0.4, 0.5) is 0 Å². The first-order valence-electron chi connectivity index (χ1n) is 7.85. The molecular weight excluding hydrogens is 266 g/mol. The van der Waals surface area contributed by atoms with Gasteiger partial charge in [-0.3, -0.25) is 4.79 Å². The first-order valence-corrected chi connectivity index (χ1v) is 7.85. The fraction of sp³-hybridized carbons (Fsp3) is 0.647. The Hall–Kier alpha value is -1.58. The number of unbranched alkanes of at least 4 members (excludes halogenated alkanes) is 1. The number of likely N-dealkylation sites (tertiary alicyclic amines) is 1. The highest BCUT2D eigenvalue weighted by atomic mass is 16.5. The average molecular weight is 293 g/mol. The Balaban J connectivity index is 2.46. The maximum absolute atomic E-state index is 12.0. The second-order valence-electron chi connectivity index (χ2n) is 5.58. The van der Waals surface area contributed by atoms with Crippen molar-refractivity contribution in [2.75, 3.05) is 13.2 Å². The standard InChI is InChI=1S/C17H27NO3/c1-5-8-9-14(6-2)12-21-17(20)13(4)18-11-10-15(7-3)16(18)19/h7,14-15H,3-6,8-12H2,1-2H3. The molecule has 2 unspecified atom stereocenters. The van der Waals surface area contributed by atoms with Gasteiger partial charge in [0.25, 0.3) is 0 Å². The van der Waals surface area contributed by atoms with E-state index in [0.717, 1.165) is 25.7 Å². The summed E-state index contributed by atoms with van der Waals surface area (Å²) in [5.74, 6) is -0.410. The molecule has 2 atom stereocenters. The number of carbonyl (C=O) groups excluding carboxylic acids is 2. The lowest BCUT2D eigenvalue weighted by atomic mass is 10.0. The summed E-state index contributed by atoms with van der Waals surface area (Å²) in [6, 6.07) is 0. The van der Waals surface area contributed by atoms with Crippen LogP contribution in [0.25, 0.3) is 0 Å². The molecule has 118 valence electrons. The molecule has 1 saturated heterocycles. The van der Waals surface area contributed by atoms with Crippen LogP contribution in [0.3, 0.4) is 0 Å². The summed E-state index contributed by atoms with van der Waals surface area (Å²) in [5, 5.41) is 0. The van der Waals surface area contributed by atoms with Crippen molar-refractivity contribution in [1.82, 2.24) is 4.90 Å². The normalized spacial score (nSPS) is 19.4. The first-order chi connectivity index (χ1) is 10.0. The Morgan fingerprint density at radius 1 is 1.52 bits per heavy atom. The molecule has 1 amide bonds. The number of carbonyl (C=O) groups is 2. The van der Waals surface area contributed by atoms with E-state index in [1.165, 1.54) is 4.90 Å². The maximum atomic E-state index is 12.0. The minimum absolute atomic E-state index is 0.107. The summed E-state index contributed by atoms with van der Waals surface area (Å²) in [4.78, 5) is 25.4.